The first-order valence-electron chi connectivity index (χ1n) is 3.85. The number of carboxylic acids is 1. The summed E-state index contributed by atoms with van der Waals surface area (Å²) in [5, 5.41) is 13.5. The van der Waals surface area contributed by atoms with Crippen LogP contribution in [0.2, 0.25) is 0 Å². The maximum absolute atomic E-state index is 9.00. The van der Waals surface area contributed by atoms with Crippen molar-refractivity contribution in [1.29, 1.82) is 5.41 Å². The van der Waals surface area contributed by atoms with E-state index in [1.807, 2.05) is 30.3 Å². The molecule has 84 valence electrons. The summed E-state index contributed by atoms with van der Waals surface area (Å²) in [5.41, 5.74) is 8.94. The van der Waals surface area contributed by atoms with Gasteiger partial charge < -0.3 is 16.6 Å². The Balaban J connectivity index is 0. The van der Waals surface area contributed by atoms with Crippen LogP contribution in [0.4, 0.5) is 0 Å². The molecule has 0 amide bonds. The Labute approximate surface area is 96.7 Å². The van der Waals surface area contributed by atoms with Gasteiger partial charge in [-0.05, 0) is 12.1 Å². The molecule has 0 radical (unpaired) electrons. The van der Waals surface area contributed by atoms with E-state index in [0.717, 1.165) is 11.4 Å². The van der Waals surface area contributed by atoms with E-state index >= 15 is 0 Å². The van der Waals surface area contributed by atoms with Gasteiger partial charge in [-0.15, -0.1) is 0 Å². The second-order valence-electron chi connectivity index (χ2n) is 2.27. The largest absolute Gasteiger partial charge is 0.481 e. The number of carbonyl (C=O) groups is 1. The number of halogens is 1. The second-order valence-corrected chi connectivity index (χ2v) is 3.19. The monoisotopic (exact) mass is 275 g/mol. The van der Waals surface area contributed by atoms with Crippen LogP contribution in [-0.2, 0) is 4.79 Å². The van der Waals surface area contributed by atoms with E-state index in [2.05, 4.69) is 27.4 Å². The number of guanidine groups is 1. The number of carboxylic acid groups (broad SMARTS) is 1. The molecule has 0 heterocycles. The lowest BCUT2D eigenvalue weighted by molar-refractivity contribution is -0.134. The SMILES string of the molecule is Brc1ccccc1.CC(=O)O.N=C(N)N. The Bertz CT molecular complexity index is 271. The molecule has 0 aliphatic carbocycles. The minimum Gasteiger partial charge on any atom is -0.481 e. The predicted molar refractivity (Wildman–Crippen MR) is 63.6 cm³/mol. The smallest absolute Gasteiger partial charge is 0.300 e. The average Bonchev–Trinajstić information content (AvgIpc) is 2.03. The van der Waals surface area contributed by atoms with Crippen molar-refractivity contribution in [1.82, 2.24) is 0 Å². The lowest BCUT2D eigenvalue weighted by atomic mass is 10.4. The van der Waals surface area contributed by atoms with Crippen molar-refractivity contribution < 1.29 is 9.90 Å². The maximum Gasteiger partial charge on any atom is 0.300 e. The number of nitrogens with one attached hydrogen (secondary N) is 1. The molecule has 15 heavy (non-hydrogen) atoms. The van der Waals surface area contributed by atoms with Gasteiger partial charge >= 0.3 is 0 Å². The molecule has 6 N–H and O–H groups in total. The second kappa shape index (κ2) is 10.5. The van der Waals surface area contributed by atoms with Gasteiger partial charge in [0.15, 0.2) is 5.96 Å². The number of rotatable bonds is 0. The van der Waals surface area contributed by atoms with Crippen LogP contribution in [0.1, 0.15) is 6.92 Å². The highest BCUT2D eigenvalue weighted by Crippen LogP contribution is 2.05. The summed E-state index contributed by atoms with van der Waals surface area (Å²) in [7, 11) is 0. The summed E-state index contributed by atoms with van der Waals surface area (Å²) in [6, 6.07) is 9.97. The molecule has 0 spiro atoms. The topological polar surface area (TPSA) is 113 Å². The van der Waals surface area contributed by atoms with E-state index in [1.54, 1.807) is 0 Å². The fourth-order valence-corrected chi connectivity index (χ4v) is 0.720. The van der Waals surface area contributed by atoms with Gasteiger partial charge in [0, 0.05) is 11.4 Å². The highest BCUT2D eigenvalue weighted by atomic mass is 79.9. The number of nitrogens with two attached hydrogens (primary N) is 2. The van der Waals surface area contributed by atoms with E-state index in [1.165, 1.54) is 0 Å². The van der Waals surface area contributed by atoms with Gasteiger partial charge in [0.25, 0.3) is 5.97 Å². The fourth-order valence-electron chi connectivity index (χ4n) is 0.415. The highest BCUT2D eigenvalue weighted by Gasteiger charge is 1.74. The lowest BCUT2D eigenvalue weighted by Gasteiger charge is -1.80. The number of hydrogen-bond acceptors (Lipinski definition) is 2. The van der Waals surface area contributed by atoms with Gasteiger partial charge in [-0.25, -0.2) is 0 Å². The van der Waals surface area contributed by atoms with Crippen molar-refractivity contribution in [3.05, 3.63) is 34.8 Å². The molecule has 1 rings (SSSR count). The van der Waals surface area contributed by atoms with Crippen LogP contribution in [0, 0.1) is 5.41 Å². The van der Waals surface area contributed by atoms with Crippen molar-refractivity contribution >= 4 is 27.9 Å². The predicted octanol–water partition coefficient (Wildman–Crippen LogP) is 1.38. The number of hydrogen-bond donors (Lipinski definition) is 4. The first-order chi connectivity index (χ1) is 6.86. The summed E-state index contributed by atoms with van der Waals surface area (Å²) in [4.78, 5) is 9.00. The quantitative estimate of drug-likeness (QED) is 0.423. The van der Waals surface area contributed by atoms with Crippen molar-refractivity contribution in [3.63, 3.8) is 0 Å². The van der Waals surface area contributed by atoms with E-state index in [-0.39, 0.29) is 5.96 Å². The molecular formula is C9H14BrN3O2. The van der Waals surface area contributed by atoms with Gasteiger partial charge in [0.2, 0.25) is 0 Å². The molecule has 1 aromatic rings. The zero-order chi connectivity index (χ0) is 12.3. The third-order valence-corrected chi connectivity index (χ3v) is 1.26. The van der Waals surface area contributed by atoms with Gasteiger partial charge in [0.1, 0.15) is 0 Å². The molecule has 0 bridgehead atoms. The van der Waals surface area contributed by atoms with Gasteiger partial charge in [0.05, 0.1) is 0 Å². The molecule has 0 aromatic heterocycles. The van der Waals surface area contributed by atoms with Crippen LogP contribution in [0.3, 0.4) is 0 Å². The summed E-state index contributed by atoms with van der Waals surface area (Å²) in [5.74, 6) is -1.17. The lowest BCUT2D eigenvalue weighted by Crippen LogP contribution is -2.20. The van der Waals surface area contributed by atoms with E-state index in [0.29, 0.717) is 0 Å². The van der Waals surface area contributed by atoms with Crippen LogP contribution in [0.5, 0.6) is 0 Å². The van der Waals surface area contributed by atoms with Crippen LogP contribution in [0.25, 0.3) is 0 Å². The minimum absolute atomic E-state index is 0.333. The molecule has 6 heteroatoms. The van der Waals surface area contributed by atoms with Crippen molar-refractivity contribution in [3.8, 4) is 0 Å². The summed E-state index contributed by atoms with van der Waals surface area (Å²) in [6.45, 7) is 1.08. The van der Waals surface area contributed by atoms with E-state index in [9.17, 15) is 0 Å². The normalized spacial score (nSPS) is 7.33. The Morgan fingerprint density at radius 3 is 1.73 bits per heavy atom. The summed E-state index contributed by atoms with van der Waals surface area (Å²) in [6.07, 6.45) is 0. The van der Waals surface area contributed by atoms with Crippen LogP contribution in [0.15, 0.2) is 34.8 Å². The standard InChI is InChI=1S/C6H5Br.C2H4O2.CH5N3/c7-6-4-2-1-3-5-6;1-2(3)4;2-1(3)4/h1-5H;1H3,(H,3,4);(H5,2,3,4). The van der Waals surface area contributed by atoms with E-state index < -0.39 is 5.97 Å². The van der Waals surface area contributed by atoms with Crippen LogP contribution < -0.4 is 11.5 Å². The van der Waals surface area contributed by atoms with Gasteiger partial charge in [-0.1, -0.05) is 34.1 Å². The fraction of sp³-hybridized carbons (Fsp3) is 0.111. The Hall–Kier alpha value is -1.56. The Morgan fingerprint density at radius 1 is 1.33 bits per heavy atom. The zero-order valence-corrected chi connectivity index (χ0v) is 9.86. The van der Waals surface area contributed by atoms with Crippen LogP contribution >= 0.6 is 15.9 Å². The highest BCUT2D eigenvalue weighted by molar-refractivity contribution is 9.10. The first-order valence-corrected chi connectivity index (χ1v) is 4.65. The molecule has 0 aliphatic rings. The molecule has 0 atom stereocenters. The molecule has 0 saturated carbocycles. The van der Waals surface area contributed by atoms with Crippen molar-refractivity contribution in [2.45, 2.75) is 6.92 Å². The zero-order valence-electron chi connectivity index (χ0n) is 8.27. The average molecular weight is 276 g/mol. The number of benzene rings is 1. The summed E-state index contributed by atoms with van der Waals surface area (Å²) >= 11 is 3.31. The third kappa shape index (κ3) is 32.7. The Morgan fingerprint density at radius 2 is 1.60 bits per heavy atom. The third-order valence-electron chi connectivity index (χ3n) is 0.733. The van der Waals surface area contributed by atoms with Crippen molar-refractivity contribution in [2.75, 3.05) is 0 Å². The number of aliphatic carboxylic acids is 1. The molecule has 0 unspecified atom stereocenters. The molecule has 5 nitrogen and oxygen atoms in total. The maximum atomic E-state index is 9.00. The van der Waals surface area contributed by atoms with Crippen molar-refractivity contribution in [2.24, 2.45) is 11.5 Å². The first kappa shape index (κ1) is 15.9. The summed E-state index contributed by atoms with van der Waals surface area (Å²) < 4.78 is 1.13. The molecule has 0 fully saturated rings. The molecule has 1 aromatic carbocycles. The molecule has 0 saturated heterocycles. The Kier molecular flexibility index (Phi) is 11.1. The molecule has 0 aliphatic heterocycles. The van der Waals surface area contributed by atoms with Gasteiger partial charge in [-0.3, -0.25) is 10.2 Å². The van der Waals surface area contributed by atoms with E-state index in [4.69, 9.17) is 15.3 Å². The molecular weight excluding hydrogens is 262 g/mol. The van der Waals surface area contributed by atoms with Crippen LogP contribution in [-0.4, -0.2) is 17.0 Å². The van der Waals surface area contributed by atoms with Gasteiger partial charge in [-0.2, -0.15) is 0 Å². The minimum atomic E-state index is -0.833.